The molecule has 5 nitrogen and oxygen atoms in total. The van der Waals surface area contributed by atoms with E-state index in [1.54, 1.807) is 6.20 Å². The standard InChI is InChI=1S/C10H15ClN4O/c1-10(2)6-12-3-4-15(10)7-5-13-14-9(16)8(7)11/h5,12H,3-4,6H2,1-2H3,(H,14,16). The van der Waals surface area contributed by atoms with Crippen LogP contribution in [0.15, 0.2) is 11.0 Å². The minimum atomic E-state index is -0.339. The molecule has 0 atom stereocenters. The molecule has 0 spiro atoms. The number of aromatic amines is 1. The third-order valence-electron chi connectivity index (χ3n) is 2.87. The number of aromatic nitrogens is 2. The number of hydrogen-bond acceptors (Lipinski definition) is 4. The Hall–Kier alpha value is -1.07. The van der Waals surface area contributed by atoms with E-state index in [0.717, 1.165) is 19.6 Å². The van der Waals surface area contributed by atoms with Crippen LogP contribution in [0.25, 0.3) is 0 Å². The zero-order valence-corrected chi connectivity index (χ0v) is 10.1. The summed E-state index contributed by atoms with van der Waals surface area (Å²) in [6, 6.07) is 0. The van der Waals surface area contributed by atoms with E-state index in [4.69, 9.17) is 11.6 Å². The predicted octanol–water partition coefficient (Wildman–Crippen LogP) is 0.611. The van der Waals surface area contributed by atoms with Crippen molar-refractivity contribution in [1.29, 1.82) is 0 Å². The maximum atomic E-state index is 11.4. The molecule has 1 aliphatic heterocycles. The topological polar surface area (TPSA) is 61.0 Å². The number of rotatable bonds is 1. The molecule has 0 aromatic carbocycles. The quantitative estimate of drug-likeness (QED) is 0.758. The van der Waals surface area contributed by atoms with E-state index in [0.29, 0.717) is 5.69 Å². The van der Waals surface area contributed by atoms with Gasteiger partial charge in [0.25, 0.3) is 5.56 Å². The van der Waals surface area contributed by atoms with Gasteiger partial charge in [-0.1, -0.05) is 11.6 Å². The zero-order chi connectivity index (χ0) is 11.8. The number of H-pyrrole nitrogens is 1. The minimum Gasteiger partial charge on any atom is -0.361 e. The Morgan fingerprint density at radius 3 is 3.00 bits per heavy atom. The van der Waals surface area contributed by atoms with E-state index in [1.165, 1.54) is 0 Å². The molecule has 6 heteroatoms. The Balaban J connectivity index is 2.43. The summed E-state index contributed by atoms with van der Waals surface area (Å²) < 4.78 is 0. The molecule has 1 aromatic heterocycles. The van der Waals surface area contributed by atoms with Gasteiger partial charge in [0, 0.05) is 25.2 Å². The van der Waals surface area contributed by atoms with Gasteiger partial charge in [0.2, 0.25) is 0 Å². The van der Waals surface area contributed by atoms with Crippen molar-refractivity contribution in [3.05, 3.63) is 21.6 Å². The molecule has 1 saturated heterocycles. The number of nitrogens with one attached hydrogen (secondary N) is 2. The molecule has 2 rings (SSSR count). The van der Waals surface area contributed by atoms with Crippen molar-refractivity contribution < 1.29 is 0 Å². The normalized spacial score (nSPS) is 19.8. The Bertz CT molecular complexity index is 443. The zero-order valence-electron chi connectivity index (χ0n) is 9.38. The summed E-state index contributed by atoms with van der Waals surface area (Å²) in [5, 5.41) is 9.66. The summed E-state index contributed by atoms with van der Waals surface area (Å²) in [4.78, 5) is 13.5. The molecule has 0 radical (unpaired) electrons. The lowest BCUT2D eigenvalue weighted by molar-refractivity contribution is 0.380. The smallest absolute Gasteiger partial charge is 0.285 e. The first-order valence-electron chi connectivity index (χ1n) is 5.24. The average molecular weight is 243 g/mol. The fraction of sp³-hybridized carbons (Fsp3) is 0.600. The predicted molar refractivity (Wildman–Crippen MR) is 64.2 cm³/mol. The van der Waals surface area contributed by atoms with E-state index in [1.807, 2.05) is 0 Å². The Labute approximate surface area is 98.8 Å². The SMILES string of the molecule is CC1(C)CNCCN1c1cn[nH]c(=O)c1Cl. The van der Waals surface area contributed by atoms with Gasteiger partial charge in [-0.15, -0.1) is 0 Å². The highest BCUT2D eigenvalue weighted by Gasteiger charge is 2.31. The van der Waals surface area contributed by atoms with E-state index >= 15 is 0 Å². The maximum absolute atomic E-state index is 11.4. The van der Waals surface area contributed by atoms with Gasteiger partial charge < -0.3 is 10.2 Å². The first-order chi connectivity index (χ1) is 7.52. The van der Waals surface area contributed by atoms with Crippen molar-refractivity contribution in [2.24, 2.45) is 0 Å². The molecule has 16 heavy (non-hydrogen) atoms. The van der Waals surface area contributed by atoms with Gasteiger partial charge in [-0.3, -0.25) is 4.79 Å². The summed E-state index contributed by atoms with van der Waals surface area (Å²) in [5.74, 6) is 0. The van der Waals surface area contributed by atoms with Gasteiger partial charge in [0.1, 0.15) is 5.02 Å². The van der Waals surface area contributed by atoms with Crippen LogP contribution in [-0.4, -0.2) is 35.4 Å². The summed E-state index contributed by atoms with van der Waals surface area (Å²) in [6.07, 6.45) is 1.61. The van der Waals surface area contributed by atoms with Crippen LogP contribution in [0.2, 0.25) is 5.02 Å². The summed E-state index contributed by atoms with van der Waals surface area (Å²) in [5.41, 5.74) is 0.294. The van der Waals surface area contributed by atoms with Crippen molar-refractivity contribution in [1.82, 2.24) is 15.5 Å². The van der Waals surface area contributed by atoms with E-state index in [2.05, 4.69) is 34.3 Å². The molecule has 2 N–H and O–H groups in total. The largest absolute Gasteiger partial charge is 0.361 e. The van der Waals surface area contributed by atoms with Crippen molar-refractivity contribution in [3.8, 4) is 0 Å². The van der Waals surface area contributed by atoms with Gasteiger partial charge in [-0.05, 0) is 13.8 Å². The lowest BCUT2D eigenvalue weighted by Crippen LogP contribution is -2.58. The third-order valence-corrected chi connectivity index (χ3v) is 3.23. The molecular weight excluding hydrogens is 228 g/mol. The molecule has 88 valence electrons. The van der Waals surface area contributed by atoms with Crippen molar-refractivity contribution in [3.63, 3.8) is 0 Å². The second-order valence-corrected chi connectivity index (χ2v) is 4.92. The fourth-order valence-corrected chi connectivity index (χ4v) is 2.19. The maximum Gasteiger partial charge on any atom is 0.285 e. The number of halogens is 1. The van der Waals surface area contributed by atoms with Gasteiger partial charge in [0.05, 0.1) is 11.9 Å². The molecule has 2 heterocycles. The number of hydrogen-bond donors (Lipinski definition) is 2. The molecule has 1 aromatic rings. The highest BCUT2D eigenvalue weighted by atomic mass is 35.5. The summed E-state index contributed by atoms with van der Waals surface area (Å²) in [6.45, 7) is 6.77. The second-order valence-electron chi connectivity index (χ2n) is 4.54. The van der Waals surface area contributed by atoms with E-state index in [-0.39, 0.29) is 16.1 Å². The third kappa shape index (κ3) is 1.92. The van der Waals surface area contributed by atoms with Gasteiger partial charge in [-0.25, -0.2) is 5.10 Å². The van der Waals surface area contributed by atoms with Gasteiger partial charge in [-0.2, -0.15) is 5.10 Å². The molecule has 0 aliphatic carbocycles. The van der Waals surface area contributed by atoms with Crippen LogP contribution < -0.4 is 15.8 Å². The highest BCUT2D eigenvalue weighted by molar-refractivity contribution is 6.33. The fourth-order valence-electron chi connectivity index (χ4n) is 1.99. The number of anilines is 1. The molecule has 0 saturated carbocycles. The van der Waals surface area contributed by atoms with Crippen molar-refractivity contribution in [2.45, 2.75) is 19.4 Å². The van der Waals surface area contributed by atoms with E-state index in [9.17, 15) is 4.79 Å². The monoisotopic (exact) mass is 242 g/mol. The van der Waals surface area contributed by atoms with Gasteiger partial charge in [0.15, 0.2) is 0 Å². The Morgan fingerprint density at radius 2 is 2.31 bits per heavy atom. The molecule has 1 fully saturated rings. The molecule has 0 amide bonds. The van der Waals surface area contributed by atoms with Crippen molar-refractivity contribution in [2.75, 3.05) is 24.5 Å². The number of piperazine rings is 1. The Kier molecular flexibility index (Phi) is 2.90. The average Bonchev–Trinajstić information content (AvgIpc) is 2.22. The first kappa shape index (κ1) is 11.4. The second kappa shape index (κ2) is 4.07. The summed E-state index contributed by atoms with van der Waals surface area (Å²) >= 11 is 6.01. The van der Waals surface area contributed by atoms with Crippen LogP contribution in [-0.2, 0) is 0 Å². The summed E-state index contributed by atoms with van der Waals surface area (Å²) in [7, 11) is 0. The molecule has 1 aliphatic rings. The highest BCUT2D eigenvalue weighted by Crippen LogP contribution is 2.28. The number of nitrogens with zero attached hydrogens (tertiary/aromatic N) is 2. The lowest BCUT2D eigenvalue weighted by atomic mass is 9.99. The van der Waals surface area contributed by atoms with Crippen molar-refractivity contribution >= 4 is 17.3 Å². The lowest BCUT2D eigenvalue weighted by Gasteiger charge is -2.44. The van der Waals surface area contributed by atoms with Crippen LogP contribution in [0.4, 0.5) is 5.69 Å². The molecular formula is C10H15ClN4O. The van der Waals surface area contributed by atoms with Crippen LogP contribution in [0, 0.1) is 0 Å². The van der Waals surface area contributed by atoms with Crippen LogP contribution in [0.5, 0.6) is 0 Å². The van der Waals surface area contributed by atoms with Crippen LogP contribution >= 0.6 is 11.6 Å². The van der Waals surface area contributed by atoms with Crippen LogP contribution in [0.3, 0.4) is 0 Å². The first-order valence-corrected chi connectivity index (χ1v) is 5.62. The minimum absolute atomic E-state index is 0.0721. The molecule has 0 bridgehead atoms. The van der Waals surface area contributed by atoms with Crippen LogP contribution in [0.1, 0.15) is 13.8 Å². The van der Waals surface area contributed by atoms with Gasteiger partial charge >= 0.3 is 0 Å². The Morgan fingerprint density at radius 1 is 1.56 bits per heavy atom. The van der Waals surface area contributed by atoms with E-state index < -0.39 is 0 Å². The molecule has 0 unspecified atom stereocenters.